The van der Waals surface area contributed by atoms with Crippen LogP contribution >= 0.6 is 0 Å². The van der Waals surface area contributed by atoms with E-state index in [1.165, 1.54) is 23.3 Å². The molecule has 0 saturated heterocycles. The minimum atomic E-state index is -0.886. The van der Waals surface area contributed by atoms with Crippen molar-refractivity contribution in [2.75, 3.05) is 5.75 Å². The number of unbranched alkanes of at least 4 members (excludes halogenated alkanes) is 3. The molecule has 0 bridgehead atoms. The minimum Gasteiger partial charge on any atom is -0.328 e. The molecule has 0 aliphatic carbocycles. The van der Waals surface area contributed by atoms with Crippen molar-refractivity contribution in [2.45, 2.75) is 63.8 Å². The van der Waals surface area contributed by atoms with Crippen LogP contribution < -0.4 is 0 Å². The smallest absolute Gasteiger partial charge is 0.109 e. The minimum absolute atomic E-state index is 0.736. The Morgan fingerprint density at radius 2 is 1.85 bits per heavy atom. The van der Waals surface area contributed by atoms with E-state index in [2.05, 4.69) is 23.4 Å². The molecule has 4 nitrogen and oxygen atoms in total. The zero-order valence-electron chi connectivity index (χ0n) is 16.4. The van der Waals surface area contributed by atoms with Crippen LogP contribution in [0.4, 0.5) is 0 Å². The maximum Gasteiger partial charge on any atom is 0.109 e. The Labute approximate surface area is 164 Å². The number of aromatic nitrogens is 3. The summed E-state index contributed by atoms with van der Waals surface area (Å²) >= 11 is 0. The van der Waals surface area contributed by atoms with Crippen LogP contribution in [0.15, 0.2) is 47.6 Å². The molecular formula is C22H29N3OS. The van der Waals surface area contributed by atoms with Crippen LogP contribution in [-0.4, -0.2) is 24.5 Å². The van der Waals surface area contributed by atoms with Crippen LogP contribution in [-0.2, 0) is 23.8 Å². The van der Waals surface area contributed by atoms with Crippen molar-refractivity contribution in [1.82, 2.24) is 14.5 Å². The van der Waals surface area contributed by atoms with Crippen LogP contribution in [0.25, 0.3) is 11.0 Å². The molecule has 0 amide bonds. The molecule has 0 spiro atoms. The van der Waals surface area contributed by atoms with Crippen LogP contribution in [0.1, 0.15) is 50.4 Å². The molecule has 1 atom stereocenters. The van der Waals surface area contributed by atoms with Crippen molar-refractivity contribution in [1.29, 1.82) is 0 Å². The first kappa shape index (κ1) is 19.7. The number of hydrogen-bond acceptors (Lipinski definition) is 3. The van der Waals surface area contributed by atoms with Crippen LogP contribution in [0.2, 0.25) is 0 Å². The Morgan fingerprint density at radius 3 is 2.63 bits per heavy atom. The average Bonchev–Trinajstić information content (AvgIpc) is 3.05. The average molecular weight is 384 g/mol. The maximum absolute atomic E-state index is 12.3. The number of pyridine rings is 1. The molecule has 0 aliphatic heterocycles. The second-order valence-electron chi connectivity index (χ2n) is 7.03. The van der Waals surface area contributed by atoms with Gasteiger partial charge in [-0.05, 0) is 43.9 Å². The van der Waals surface area contributed by atoms with Gasteiger partial charge in [-0.1, -0.05) is 38.0 Å². The fourth-order valence-corrected chi connectivity index (χ4v) is 4.60. The lowest BCUT2D eigenvalue weighted by molar-refractivity contribution is 0.582. The van der Waals surface area contributed by atoms with Crippen LogP contribution in [0.5, 0.6) is 0 Å². The van der Waals surface area contributed by atoms with Crippen molar-refractivity contribution in [3.05, 3.63) is 54.1 Å². The third-order valence-electron chi connectivity index (χ3n) is 4.88. The molecule has 1 unspecified atom stereocenters. The number of nitrogens with zero attached hydrogens (tertiary/aromatic N) is 3. The van der Waals surface area contributed by atoms with Gasteiger partial charge in [-0.25, -0.2) is 4.98 Å². The molecule has 2 aromatic heterocycles. The fraction of sp³-hybridized carbons (Fsp3) is 0.455. The van der Waals surface area contributed by atoms with E-state index in [0.29, 0.717) is 0 Å². The van der Waals surface area contributed by atoms with Crippen molar-refractivity contribution < 1.29 is 4.21 Å². The highest BCUT2D eigenvalue weighted by atomic mass is 32.2. The normalized spacial score (nSPS) is 12.5. The Morgan fingerprint density at radius 1 is 1.04 bits per heavy atom. The van der Waals surface area contributed by atoms with Crippen LogP contribution in [0, 0.1) is 6.92 Å². The van der Waals surface area contributed by atoms with Gasteiger partial charge in [-0.3, -0.25) is 9.19 Å². The molecule has 27 heavy (non-hydrogen) atoms. The Balaban J connectivity index is 1.58. The first-order valence-electron chi connectivity index (χ1n) is 9.94. The summed E-state index contributed by atoms with van der Waals surface area (Å²) < 4.78 is 14.7. The first-order valence-corrected chi connectivity index (χ1v) is 11.3. The van der Waals surface area contributed by atoms with Crippen molar-refractivity contribution in [2.24, 2.45) is 0 Å². The summed E-state index contributed by atoms with van der Waals surface area (Å²) in [5.41, 5.74) is 3.42. The second-order valence-corrected chi connectivity index (χ2v) is 8.60. The molecule has 0 N–H and O–H groups in total. The summed E-state index contributed by atoms with van der Waals surface area (Å²) in [6.45, 7) is 5.30. The first-order chi connectivity index (χ1) is 13.2. The Hall–Kier alpha value is -2.01. The van der Waals surface area contributed by atoms with E-state index in [1.807, 2.05) is 42.7 Å². The Kier molecular flexibility index (Phi) is 7.16. The van der Waals surface area contributed by atoms with E-state index in [1.54, 1.807) is 0 Å². The third kappa shape index (κ3) is 5.04. The standard InChI is InChI=1S/C22H29N3OS/c1-3-4-13-21-24-20-17-23-16-18(2)22(20)25(21)14-9-6-10-15-27(26)19-11-7-5-8-12-19/h5,7-8,11-12,16-17H,3-4,6,9-10,13-15H2,1-2H3. The van der Waals surface area contributed by atoms with E-state index in [0.717, 1.165) is 54.8 Å². The molecule has 0 aliphatic rings. The number of benzene rings is 1. The van der Waals surface area contributed by atoms with E-state index < -0.39 is 10.8 Å². The number of fused-ring (bicyclic) bond motifs is 1. The lowest BCUT2D eigenvalue weighted by Crippen LogP contribution is -2.06. The quantitative estimate of drug-likeness (QED) is 0.460. The van der Waals surface area contributed by atoms with E-state index in [4.69, 9.17) is 4.98 Å². The number of hydrogen-bond donors (Lipinski definition) is 0. The summed E-state index contributed by atoms with van der Waals surface area (Å²) in [6.07, 6.45) is 10.3. The van der Waals surface area contributed by atoms with Gasteiger partial charge in [0.1, 0.15) is 11.3 Å². The van der Waals surface area contributed by atoms with Crippen molar-refractivity contribution >= 4 is 21.8 Å². The van der Waals surface area contributed by atoms with E-state index in [-0.39, 0.29) is 0 Å². The molecule has 5 heteroatoms. The van der Waals surface area contributed by atoms with E-state index >= 15 is 0 Å². The molecule has 2 heterocycles. The molecule has 3 aromatic rings. The summed E-state index contributed by atoms with van der Waals surface area (Å²) in [5, 5.41) is 0. The van der Waals surface area contributed by atoms with Gasteiger partial charge in [0, 0.05) is 29.8 Å². The molecule has 1 aromatic carbocycles. The zero-order valence-corrected chi connectivity index (χ0v) is 17.2. The van der Waals surface area contributed by atoms with Gasteiger partial charge >= 0.3 is 0 Å². The molecule has 0 radical (unpaired) electrons. The van der Waals surface area contributed by atoms with Gasteiger partial charge in [0.2, 0.25) is 0 Å². The summed E-state index contributed by atoms with van der Waals surface area (Å²) in [7, 11) is -0.886. The predicted octanol–water partition coefficient (Wildman–Crippen LogP) is 5.06. The SMILES string of the molecule is CCCCc1nc2cncc(C)c2n1CCCCCS(=O)c1ccccc1. The van der Waals surface area contributed by atoms with Gasteiger partial charge in [0.25, 0.3) is 0 Å². The predicted molar refractivity (Wildman–Crippen MR) is 112 cm³/mol. The lowest BCUT2D eigenvalue weighted by atomic mass is 10.2. The molecule has 3 rings (SSSR count). The van der Waals surface area contributed by atoms with E-state index in [9.17, 15) is 4.21 Å². The topological polar surface area (TPSA) is 47.8 Å². The summed E-state index contributed by atoms with van der Waals surface area (Å²) in [5.74, 6) is 1.91. The highest BCUT2D eigenvalue weighted by molar-refractivity contribution is 7.85. The maximum atomic E-state index is 12.3. The van der Waals surface area contributed by atoms with Gasteiger partial charge in [-0.2, -0.15) is 0 Å². The number of imidazole rings is 1. The third-order valence-corrected chi connectivity index (χ3v) is 6.34. The summed E-state index contributed by atoms with van der Waals surface area (Å²) in [6, 6.07) is 9.76. The van der Waals surface area contributed by atoms with Gasteiger partial charge in [-0.15, -0.1) is 0 Å². The van der Waals surface area contributed by atoms with Gasteiger partial charge < -0.3 is 4.57 Å². The fourth-order valence-electron chi connectivity index (χ4n) is 3.44. The highest BCUT2D eigenvalue weighted by Crippen LogP contribution is 2.21. The number of rotatable bonds is 10. The van der Waals surface area contributed by atoms with Crippen LogP contribution in [0.3, 0.4) is 0 Å². The second kappa shape index (κ2) is 9.79. The summed E-state index contributed by atoms with van der Waals surface area (Å²) in [4.78, 5) is 10.1. The van der Waals surface area contributed by atoms with Gasteiger partial charge in [0.05, 0.1) is 22.5 Å². The molecule has 0 saturated carbocycles. The highest BCUT2D eigenvalue weighted by Gasteiger charge is 2.12. The van der Waals surface area contributed by atoms with Crippen molar-refractivity contribution in [3.63, 3.8) is 0 Å². The Bertz CT molecular complexity index is 889. The molecule has 0 fully saturated rings. The monoisotopic (exact) mass is 383 g/mol. The number of aryl methyl sites for hydroxylation is 3. The van der Waals surface area contributed by atoms with Crippen molar-refractivity contribution in [3.8, 4) is 0 Å². The molecular weight excluding hydrogens is 354 g/mol. The lowest BCUT2D eigenvalue weighted by Gasteiger charge is -2.10. The molecule has 144 valence electrons. The largest absolute Gasteiger partial charge is 0.328 e. The zero-order chi connectivity index (χ0) is 19.1. The van der Waals surface area contributed by atoms with Gasteiger partial charge in [0.15, 0.2) is 0 Å².